The Bertz CT molecular complexity index is 2250. The zero-order chi connectivity index (χ0) is 38.6. The fourth-order valence-corrected chi connectivity index (χ4v) is 6.65. The Balaban J connectivity index is 1.25. The van der Waals surface area contributed by atoms with Crippen molar-refractivity contribution in [3.05, 3.63) is 114 Å². The molecular weight excluding hydrogens is 695 g/mol. The van der Waals surface area contributed by atoms with Crippen molar-refractivity contribution in [2.75, 3.05) is 23.9 Å². The first-order chi connectivity index (χ1) is 26.9. The monoisotopic (exact) mass is 741 g/mol. The van der Waals surface area contributed by atoms with E-state index in [-0.39, 0.29) is 16.9 Å². The Labute approximate surface area is 320 Å². The topological polar surface area (TPSA) is 136 Å². The van der Waals surface area contributed by atoms with Gasteiger partial charge in [0.25, 0.3) is 5.91 Å². The van der Waals surface area contributed by atoms with Gasteiger partial charge in [0, 0.05) is 17.3 Å². The quantitative estimate of drug-likeness (QED) is 0.0536. The average molecular weight is 742 g/mol. The van der Waals surface area contributed by atoms with Crippen LogP contribution in [0.3, 0.4) is 0 Å². The van der Waals surface area contributed by atoms with Gasteiger partial charge in [0.2, 0.25) is 0 Å². The molecule has 0 aliphatic heterocycles. The number of phenols is 1. The number of anilines is 2. The minimum absolute atomic E-state index is 0.0738. The highest BCUT2D eigenvalue weighted by Gasteiger charge is 2.24. The van der Waals surface area contributed by atoms with Crippen molar-refractivity contribution in [3.8, 4) is 17.2 Å². The maximum absolute atomic E-state index is 14.4. The van der Waals surface area contributed by atoms with Crippen LogP contribution in [-0.4, -0.2) is 51.7 Å². The Kier molecular flexibility index (Phi) is 13.1. The lowest BCUT2D eigenvalue weighted by Gasteiger charge is -2.24. The lowest BCUT2D eigenvalue weighted by Crippen LogP contribution is -2.37. The van der Waals surface area contributed by atoms with E-state index in [1.165, 1.54) is 45.6 Å². The predicted molar refractivity (Wildman–Crippen MR) is 215 cm³/mol. The van der Waals surface area contributed by atoms with Gasteiger partial charge in [-0.2, -0.15) is 0 Å². The van der Waals surface area contributed by atoms with Gasteiger partial charge in [-0.05, 0) is 61.0 Å². The molecule has 11 nitrogen and oxygen atoms in total. The number of ether oxygens (including phenoxy) is 2. The Morgan fingerprint density at radius 3 is 2.16 bits per heavy atom. The molecule has 0 saturated heterocycles. The van der Waals surface area contributed by atoms with Gasteiger partial charge in [0.1, 0.15) is 28.3 Å². The van der Waals surface area contributed by atoms with Gasteiger partial charge in [0.15, 0.2) is 0 Å². The SMILES string of the molecule is CCCCCCCCCCCCN(C(=O)n1nc2ccc(C(=O)Oc3ccccc3)cc2n1)c1cccc2c(O)c(C(=O)Nc3ccccc3OC)ccc12. The number of para-hydroxylation sites is 3. The zero-order valence-electron chi connectivity index (χ0n) is 31.4. The predicted octanol–water partition coefficient (Wildman–Crippen LogP) is 10.2. The lowest BCUT2D eigenvalue weighted by molar-refractivity contribution is 0.0734. The van der Waals surface area contributed by atoms with E-state index in [1.807, 2.05) is 12.1 Å². The molecule has 1 aromatic heterocycles. The van der Waals surface area contributed by atoms with Crippen molar-refractivity contribution < 1.29 is 29.0 Å². The van der Waals surface area contributed by atoms with Gasteiger partial charge in [-0.15, -0.1) is 10.2 Å². The summed E-state index contributed by atoms with van der Waals surface area (Å²) in [5, 5.41) is 24.2. The maximum Gasteiger partial charge on any atom is 0.366 e. The maximum atomic E-state index is 14.4. The molecule has 0 bridgehead atoms. The third-order valence-corrected chi connectivity index (χ3v) is 9.61. The molecule has 0 atom stereocenters. The summed E-state index contributed by atoms with van der Waals surface area (Å²) >= 11 is 0. The molecule has 0 aliphatic rings. The molecule has 0 fully saturated rings. The van der Waals surface area contributed by atoms with E-state index in [9.17, 15) is 19.5 Å². The minimum atomic E-state index is -0.553. The number of rotatable bonds is 17. The largest absolute Gasteiger partial charge is 0.506 e. The molecule has 284 valence electrons. The molecular formula is C44H47N5O6. The van der Waals surface area contributed by atoms with Crippen LogP contribution in [0, 0.1) is 0 Å². The number of unbranched alkanes of at least 4 members (excludes halogenated alkanes) is 9. The van der Waals surface area contributed by atoms with Crippen LogP contribution in [0.4, 0.5) is 16.2 Å². The summed E-state index contributed by atoms with van der Waals surface area (Å²) in [6.07, 6.45) is 11.4. The van der Waals surface area contributed by atoms with E-state index in [0.717, 1.165) is 30.5 Å². The Morgan fingerprint density at radius 1 is 0.727 bits per heavy atom. The first kappa shape index (κ1) is 38.5. The number of aromatic hydroxyl groups is 1. The van der Waals surface area contributed by atoms with Crippen molar-refractivity contribution in [3.63, 3.8) is 0 Å². The second kappa shape index (κ2) is 18.7. The van der Waals surface area contributed by atoms with Gasteiger partial charge in [-0.3, -0.25) is 9.69 Å². The highest BCUT2D eigenvalue weighted by molar-refractivity contribution is 6.13. The standard InChI is InChI=1S/C44H47N5O6/c1-3-4-5-6-7-8-9-10-11-17-29-48(44(53)49-46-36-28-25-31(30-38(36)47-49)43(52)55-32-19-13-12-14-20-32)39-23-18-21-34-33(39)26-27-35(41(34)50)42(51)45-37-22-15-16-24-40(37)54-2/h12-16,18-28,30,50H,3-11,17,29H2,1-2H3,(H,45,51). The molecule has 0 radical (unpaired) electrons. The van der Waals surface area contributed by atoms with Crippen molar-refractivity contribution in [1.29, 1.82) is 0 Å². The molecule has 5 aromatic carbocycles. The van der Waals surface area contributed by atoms with Crippen LogP contribution in [0.25, 0.3) is 21.8 Å². The van der Waals surface area contributed by atoms with Gasteiger partial charge in [-0.1, -0.05) is 118 Å². The number of benzene rings is 5. The number of aromatic nitrogens is 3. The van der Waals surface area contributed by atoms with Crippen LogP contribution < -0.4 is 19.7 Å². The highest BCUT2D eigenvalue weighted by atomic mass is 16.5. The molecule has 0 unspecified atom stereocenters. The number of carbonyl (C=O) groups excluding carboxylic acids is 3. The summed E-state index contributed by atoms with van der Waals surface area (Å²) in [4.78, 5) is 43.3. The van der Waals surface area contributed by atoms with Gasteiger partial charge in [0.05, 0.1) is 29.6 Å². The Morgan fingerprint density at radius 2 is 1.42 bits per heavy atom. The lowest BCUT2D eigenvalue weighted by atomic mass is 10.0. The van der Waals surface area contributed by atoms with Crippen LogP contribution in [0.15, 0.2) is 103 Å². The molecule has 6 rings (SSSR count). The number of fused-ring (bicyclic) bond motifs is 2. The molecule has 2 amide bonds. The number of nitrogens with one attached hydrogen (secondary N) is 1. The fraction of sp³-hybridized carbons (Fsp3) is 0.295. The van der Waals surface area contributed by atoms with E-state index in [2.05, 4.69) is 22.4 Å². The summed E-state index contributed by atoms with van der Waals surface area (Å²) in [6, 6.07) is 28.6. The van der Waals surface area contributed by atoms with Crippen molar-refractivity contribution in [1.82, 2.24) is 15.0 Å². The number of amides is 2. The Hall–Kier alpha value is -6.23. The molecule has 6 aromatic rings. The van der Waals surface area contributed by atoms with E-state index in [4.69, 9.17) is 9.47 Å². The number of carbonyl (C=O) groups is 3. The third kappa shape index (κ3) is 9.48. The number of hydrogen-bond acceptors (Lipinski definition) is 8. The summed E-state index contributed by atoms with van der Waals surface area (Å²) in [5.74, 6) is -0.367. The number of methoxy groups -OCH3 is 1. The van der Waals surface area contributed by atoms with E-state index in [0.29, 0.717) is 51.2 Å². The first-order valence-electron chi connectivity index (χ1n) is 19.0. The zero-order valence-corrected chi connectivity index (χ0v) is 31.4. The summed E-state index contributed by atoms with van der Waals surface area (Å²) in [7, 11) is 1.52. The van der Waals surface area contributed by atoms with E-state index >= 15 is 0 Å². The van der Waals surface area contributed by atoms with Crippen LogP contribution in [-0.2, 0) is 0 Å². The van der Waals surface area contributed by atoms with Crippen molar-refractivity contribution in [2.24, 2.45) is 0 Å². The van der Waals surface area contributed by atoms with Crippen LogP contribution in [0.2, 0.25) is 0 Å². The number of esters is 1. The average Bonchev–Trinajstić information content (AvgIpc) is 3.64. The van der Waals surface area contributed by atoms with Gasteiger partial charge >= 0.3 is 12.0 Å². The third-order valence-electron chi connectivity index (χ3n) is 9.61. The van der Waals surface area contributed by atoms with Crippen LogP contribution >= 0.6 is 0 Å². The second-order valence-electron chi connectivity index (χ2n) is 13.5. The highest BCUT2D eigenvalue weighted by Crippen LogP contribution is 2.36. The van der Waals surface area contributed by atoms with Gasteiger partial charge < -0.3 is 19.9 Å². The molecule has 0 saturated carbocycles. The number of phenolic OH excluding ortho intramolecular Hbond substituents is 1. The molecule has 0 aliphatic carbocycles. The minimum Gasteiger partial charge on any atom is -0.506 e. The van der Waals surface area contributed by atoms with Crippen molar-refractivity contribution in [2.45, 2.75) is 71.1 Å². The van der Waals surface area contributed by atoms with Gasteiger partial charge in [-0.25, -0.2) is 9.59 Å². The smallest absolute Gasteiger partial charge is 0.366 e. The van der Waals surface area contributed by atoms with Crippen LogP contribution in [0.1, 0.15) is 91.8 Å². The second-order valence-corrected chi connectivity index (χ2v) is 13.5. The normalized spacial score (nSPS) is 11.1. The fourth-order valence-electron chi connectivity index (χ4n) is 6.65. The summed E-state index contributed by atoms with van der Waals surface area (Å²) < 4.78 is 10.9. The summed E-state index contributed by atoms with van der Waals surface area (Å²) in [6.45, 7) is 2.60. The van der Waals surface area contributed by atoms with E-state index < -0.39 is 17.9 Å². The molecule has 11 heteroatoms. The summed E-state index contributed by atoms with van der Waals surface area (Å²) in [5.41, 5.74) is 2.15. The molecule has 55 heavy (non-hydrogen) atoms. The number of hydrogen-bond donors (Lipinski definition) is 2. The van der Waals surface area contributed by atoms with Crippen LogP contribution in [0.5, 0.6) is 17.2 Å². The molecule has 2 N–H and O–H groups in total. The van der Waals surface area contributed by atoms with E-state index in [1.54, 1.807) is 95.9 Å². The number of nitrogens with zero attached hydrogens (tertiary/aromatic N) is 4. The molecule has 1 heterocycles. The molecule has 0 spiro atoms. The first-order valence-corrected chi connectivity index (χ1v) is 19.0. The van der Waals surface area contributed by atoms with Crippen molar-refractivity contribution >= 4 is 51.1 Å².